The SMILES string of the molecule is NC1CC2CCC(C1)N2C(=O)C1CCCOC1. The molecule has 2 bridgehead atoms. The maximum atomic E-state index is 12.5. The van der Waals surface area contributed by atoms with E-state index in [-0.39, 0.29) is 5.92 Å². The van der Waals surface area contributed by atoms with Crippen LogP contribution in [0.3, 0.4) is 0 Å². The van der Waals surface area contributed by atoms with E-state index >= 15 is 0 Å². The molecule has 0 aromatic carbocycles. The third-order valence-electron chi connectivity index (χ3n) is 4.53. The minimum absolute atomic E-state index is 0.112. The lowest BCUT2D eigenvalue weighted by Crippen LogP contribution is -2.52. The molecule has 3 unspecified atom stereocenters. The fourth-order valence-electron chi connectivity index (χ4n) is 3.73. The molecule has 1 amide bonds. The molecule has 3 heterocycles. The fourth-order valence-corrected chi connectivity index (χ4v) is 3.73. The Morgan fingerprint density at radius 3 is 2.47 bits per heavy atom. The first kappa shape index (κ1) is 11.5. The molecule has 3 rings (SSSR count). The van der Waals surface area contributed by atoms with Gasteiger partial charge in [0.25, 0.3) is 0 Å². The molecule has 0 aliphatic carbocycles. The normalized spacial score (nSPS) is 41.6. The van der Waals surface area contributed by atoms with Crippen LogP contribution in [0.2, 0.25) is 0 Å². The van der Waals surface area contributed by atoms with Crippen molar-refractivity contribution >= 4 is 5.91 Å². The molecule has 0 saturated carbocycles. The van der Waals surface area contributed by atoms with Crippen LogP contribution in [0.5, 0.6) is 0 Å². The summed E-state index contributed by atoms with van der Waals surface area (Å²) in [4.78, 5) is 14.7. The van der Waals surface area contributed by atoms with E-state index in [9.17, 15) is 4.79 Å². The van der Waals surface area contributed by atoms with Crippen LogP contribution in [0.15, 0.2) is 0 Å². The second-order valence-electron chi connectivity index (χ2n) is 5.78. The summed E-state index contributed by atoms with van der Waals surface area (Å²) in [5.74, 6) is 0.449. The number of piperidine rings is 1. The Hall–Kier alpha value is -0.610. The number of carbonyl (C=O) groups is 1. The van der Waals surface area contributed by atoms with Gasteiger partial charge in [-0.05, 0) is 38.5 Å². The predicted molar refractivity (Wildman–Crippen MR) is 64.4 cm³/mol. The zero-order chi connectivity index (χ0) is 11.8. The van der Waals surface area contributed by atoms with Gasteiger partial charge < -0.3 is 15.4 Å². The third kappa shape index (κ3) is 2.08. The lowest BCUT2D eigenvalue weighted by molar-refractivity contribution is -0.144. The lowest BCUT2D eigenvalue weighted by atomic mass is 9.94. The van der Waals surface area contributed by atoms with Crippen LogP contribution in [-0.2, 0) is 9.53 Å². The molecule has 0 spiro atoms. The van der Waals surface area contributed by atoms with Crippen LogP contribution < -0.4 is 5.73 Å². The van der Waals surface area contributed by atoms with Crippen molar-refractivity contribution in [2.75, 3.05) is 13.2 Å². The van der Waals surface area contributed by atoms with Crippen molar-refractivity contribution in [3.05, 3.63) is 0 Å². The monoisotopic (exact) mass is 238 g/mol. The molecule has 3 aliphatic rings. The fraction of sp³-hybridized carbons (Fsp3) is 0.923. The smallest absolute Gasteiger partial charge is 0.228 e. The molecule has 3 aliphatic heterocycles. The van der Waals surface area contributed by atoms with E-state index in [0.717, 1.165) is 45.1 Å². The predicted octanol–water partition coefficient (Wildman–Crippen LogP) is 0.894. The largest absolute Gasteiger partial charge is 0.381 e. The van der Waals surface area contributed by atoms with Gasteiger partial charge in [-0.3, -0.25) is 4.79 Å². The Morgan fingerprint density at radius 1 is 1.18 bits per heavy atom. The van der Waals surface area contributed by atoms with Gasteiger partial charge in [-0.2, -0.15) is 0 Å². The Morgan fingerprint density at radius 2 is 1.88 bits per heavy atom. The Labute approximate surface area is 102 Å². The van der Waals surface area contributed by atoms with Crippen LogP contribution in [-0.4, -0.2) is 42.1 Å². The van der Waals surface area contributed by atoms with E-state index in [4.69, 9.17) is 10.5 Å². The van der Waals surface area contributed by atoms with E-state index < -0.39 is 0 Å². The Balaban J connectivity index is 1.69. The van der Waals surface area contributed by atoms with Crippen molar-refractivity contribution in [1.29, 1.82) is 0 Å². The number of rotatable bonds is 1. The van der Waals surface area contributed by atoms with Crippen LogP contribution >= 0.6 is 0 Å². The second-order valence-corrected chi connectivity index (χ2v) is 5.78. The highest BCUT2D eigenvalue weighted by Gasteiger charge is 2.44. The first-order valence-electron chi connectivity index (χ1n) is 6.91. The average molecular weight is 238 g/mol. The van der Waals surface area contributed by atoms with E-state index in [0.29, 0.717) is 30.6 Å². The number of hydrogen-bond acceptors (Lipinski definition) is 3. The van der Waals surface area contributed by atoms with E-state index in [1.54, 1.807) is 0 Å². The summed E-state index contributed by atoms with van der Waals surface area (Å²) >= 11 is 0. The molecule has 4 nitrogen and oxygen atoms in total. The van der Waals surface area contributed by atoms with Crippen LogP contribution in [0, 0.1) is 5.92 Å². The number of nitrogens with two attached hydrogens (primary N) is 1. The molecule has 0 aromatic heterocycles. The standard InChI is InChI=1S/C13H22N2O2/c14-10-6-11-3-4-12(7-10)15(11)13(16)9-2-1-5-17-8-9/h9-12H,1-8,14H2. The van der Waals surface area contributed by atoms with Crippen molar-refractivity contribution in [2.45, 2.75) is 56.7 Å². The van der Waals surface area contributed by atoms with E-state index in [1.807, 2.05) is 0 Å². The van der Waals surface area contributed by atoms with Gasteiger partial charge in [0.05, 0.1) is 12.5 Å². The minimum Gasteiger partial charge on any atom is -0.381 e. The van der Waals surface area contributed by atoms with Gasteiger partial charge in [-0.1, -0.05) is 0 Å². The quantitative estimate of drug-likeness (QED) is 0.738. The average Bonchev–Trinajstić information content (AvgIpc) is 2.62. The molecule has 17 heavy (non-hydrogen) atoms. The van der Waals surface area contributed by atoms with Crippen molar-refractivity contribution in [1.82, 2.24) is 4.90 Å². The molecule has 2 N–H and O–H groups in total. The summed E-state index contributed by atoms with van der Waals surface area (Å²) in [5, 5.41) is 0. The van der Waals surface area contributed by atoms with E-state index in [2.05, 4.69) is 4.90 Å². The van der Waals surface area contributed by atoms with Gasteiger partial charge in [0.2, 0.25) is 5.91 Å². The summed E-state index contributed by atoms with van der Waals surface area (Å²) in [6, 6.07) is 1.13. The summed E-state index contributed by atoms with van der Waals surface area (Å²) in [5.41, 5.74) is 6.03. The van der Waals surface area contributed by atoms with Crippen molar-refractivity contribution < 1.29 is 9.53 Å². The zero-order valence-corrected chi connectivity index (χ0v) is 10.3. The Kier molecular flexibility index (Phi) is 3.09. The summed E-state index contributed by atoms with van der Waals surface area (Å²) < 4.78 is 5.43. The number of amides is 1. The van der Waals surface area contributed by atoms with Crippen molar-refractivity contribution in [3.63, 3.8) is 0 Å². The molecule has 3 atom stereocenters. The second kappa shape index (κ2) is 4.58. The van der Waals surface area contributed by atoms with Gasteiger partial charge in [-0.15, -0.1) is 0 Å². The van der Waals surface area contributed by atoms with Gasteiger partial charge in [0, 0.05) is 24.7 Å². The zero-order valence-electron chi connectivity index (χ0n) is 10.3. The summed E-state index contributed by atoms with van der Waals surface area (Å²) in [7, 11) is 0. The number of nitrogens with zero attached hydrogens (tertiary/aromatic N) is 1. The maximum absolute atomic E-state index is 12.5. The maximum Gasteiger partial charge on any atom is 0.228 e. The number of ether oxygens (including phenoxy) is 1. The number of hydrogen-bond donors (Lipinski definition) is 1. The summed E-state index contributed by atoms with van der Waals surface area (Å²) in [6.45, 7) is 1.45. The van der Waals surface area contributed by atoms with Gasteiger partial charge in [0.15, 0.2) is 0 Å². The first-order chi connectivity index (χ1) is 8.25. The molecule has 96 valence electrons. The molecule has 0 radical (unpaired) electrons. The van der Waals surface area contributed by atoms with Crippen molar-refractivity contribution in [2.24, 2.45) is 11.7 Å². The minimum atomic E-state index is 0.112. The summed E-state index contributed by atoms with van der Waals surface area (Å²) in [6.07, 6.45) is 6.32. The van der Waals surface area contributed by atoms with Crippen LogP contribution in [0.25, 0.3) is 0 Å². The topological polar surface area (TPSA) is 55.6 Å². The Bertz CT molecular complexity index is 288. The highest BCUT2D eigenvalue weighted by molar-refractivity contribution is 5.80. The molecule has 3 saturated heterocycles. The van der Waals surface area contributed by atoms with Gasteiger partial charge in [-0.25, -0.2) is 0 Å². The van der Waals surface area contributed by atoms with Gasteiger partial charge >= 0.3 is 0 Å². The number of carbonyl (C=O) groups excluding carboxylic acids is 1. The molecule has 4 heteroatoms. The highest BCUT2D eigenvalue weighted by atomic mass is 16.5. The first-order valence-corrected chi connectivity index (χ1v) is 6.91. The molecular formula is C13H22N2O2. The molecule has 0 aromatic rings. The third-order valence-corrected chi connectivity index (χ3v) is 4.53. The van der Waals surface area contributed by atoms with Crippen LogP contribution in [0.4, 0.5) is 0 Å². The highest BCUT2D eigenvalue weighted by Crippen LogP contribution is 2.36. The number of fused-ring (bicyclic) bond motifs is 2. The van der Waals surface area contributed by atoms with Gasteiger partial charge in [0.1, 0.15) is 0 Å². The molecular weight excluding hydrogens is 216 g/mol. The van der Waals surface area contributed by atoms with E-state index in [1.165, 1.54) is 0 Å². The van der Waals surface area contributed by atoms with Crippen molar-refractivity contribution in [3.8, 4) is 0 Å². The molecule has 3 fully saturated rings. The lowest BCUT2D eigenvalue weighted by Gasteiger charge is -2.40. The van der Waals surface area contributed by atoms with Crippen LogP contribution in [0.1, 0.15) is 38.5 Å².